The van der Waals surface area contributed by atoms with Gasteiger partial charge in [-0.15, -0.1) is 0 Å². The fraction of sp³-hybridized carbons (Fsp3) is 0.500. The van der Waals surface area contributed by atoms with E-state index < -0.39 is 5.54 Å². The van der Waals surface area contributed by atoms with Gasteiger partial charge >= 0.3 is 0 Å². The summed E-state index contributed by atoms with van der Waals surface area (Å²) < 4.78 is 5.38. The maximum atomic E-state index is 13.5. The molecule has 1 unspecified atom stereocenters. The van der Waals surface area contributed by atoms with E-state index in [0.717, 1.165) is 56.4 Å². The number of rotatable bonds is 7. The lowest BCUT2D eigenvalue weighted by Gasteiger charge is -2.50. The first kappa shape index (κ1) is 19.7. The van der Waals surface area contributed by atoms with Crippen LogP contribution in [0.5, 0.6) is 0 Å². The van der Waals surface area contributed by atoms with Gasteiger partial charge in [0.05, 0.1) is 17.7 Å². The van der Waals surface area contributed by atoms with E-state index in [0.29, 0.717) is 18.5 Å². The number of unbranched alkanes of at least 4 members (excludes halogenated alkanes) is 1. The monoisotopic (exact) mass is 394 g/mol. The molecule has 1 aromatic heterocycles. The van der Waals surface area contributed by atoms with Gasteiger partial charge in [0.25, 0.3) is 5.91 Å². The fourth-order valence-corrected chi connectivity index (χ4v) is 5.17. The van der Waals surface area contributed by atoms with Crippen molar-refractivity contribution >= 4 is 11.8 Å². The summed E-state index contributed by atoms with van der Waals surface area (Å²) in [4.78, 5) is 28.9. The molecular weight excluding hydrogens is 364 g/mol. The van der Waals surface area contributed by atoms with Crippen molar-refractivity contribution < 1.29 is 14.0 Å². The lowest BCUT2D eigenvalue weighted by Crippen LogP contribution is -2.60. The van der Waals surface area contributed by atoms with Crippen LogP contribution in [-0.2, 0) is 11.2 Å². The van der Waals surface area contributed by atoms with Crippen molar-refractivity contribution in [3.8, 4) is 0 Å². The molecule has 2 aliphatic rings. The normalized spacial score (nSPS) is 20.1. The molecule has 29 heavy (non-hydrogen) atoms. The van der Waals surface area contributed by atoms with Crippen LogP contribution in [0.4, 0.5) is 0 Å². The van der Waals surface area contributed by atoms with Crippen LogP contribution in [0.2, 0.25) is 0 Å². The van der Waals surface area contributed by atoms with Crippen LogP contribution in [0.25, 0.3) is 0 Å². The van der Waals surface area contributed by atoms with Crippen LogP contribution in [0.3, 0.4) is 0 Å². The van der Waals surface area contributed by atoms with Crippen molar-refractivity contribution in [3.05, 3.63) is 59.5 Å². The molecule has 1 N–H and O–H groups in total. The number of carbonyl (C=O) groups excluding carboxylic acids is 2. The summed E-state index contributed by atoms with van der Waals surface area (Å²) in [5.74, 6) is 0.674. The van der Waals surface area contributed by atoms with Gasteiger partial charge < -0.3 is 14.6 Å². The molecule has 2 amide bonds. The summed E-state index contributed by atoms with van der Waals surface area (Å²) in [7, 11) is 0. The van der Waals surface area contributed by atoms with E-state index in [1.54, 1.807) is 6.26 Å². The first-order valence-corrected chi connectivity index (χ1v) is 10.9. The Morgan fingerprint density at radius 1 is 1.21 bits per heavy atom. The Hall–Kier alpha value is -2.56. The summed E-state index contributed by atoms with van der Waals surface area (Å²) in [5, 5.41) is 3.14. The summed E-state index contributed by atoms with van der Waals surface area (Å²) in [6.07, 6.45) is 8.23. The predicted octanol–water partition coefficient (Wildman–Crippen LogP) is 4.29. The largest absolute Gasteiger partial charge is 0.469 e. The van der Waals surface area contributed by atoms with E-state index in [9.17, 15) is 9.59 Å². The van der Waals surface area contributed by atoms with E-state index >= 15 is 0 Å². The summed E-state index contributed by atoms with van der Waals surface area (Å²) >= 11 is 0. The second-order valence-electron chi connectivity index (χ2n) is 8.26. The lowest BCUT2D eigenvalue weighted by atomic mass is 9.71. The minimum absolute atomic E-state index is 0.0277. The van der Waals surface area contributed by atoms with Crippen LogP contribution in [0, 0.1) is 0 Å². The zero-order valence-electron chi connectivity index (χ0n) is 17.2. The van der Waals surface area contributed by atoms with Crippen LogP contribution in [-0.4, -0.2) is 35.3 Å². The second kappa shape index (κ2) is 8.44. The Bertz CT molecular complexity index is 853. The van der Waals surface area contributed by atoms with Crippen molar-refractivity contribution in [2.75, 3.05) is 13.1 Å². The molecule has 1 saturated carbocycles. The first-order valence-electron chi connectivity index (χ1n) is 10.9. The van der Waals surface area contributed by atoms with Gasteiger partial charge in [-0.25, -0.2) is 0 Å². The molecular formula is C24H30N2O3. The average molecular weight is 395 g/mol. The smallest absolute Gasteiger partial charge is 0.254 e. The molecule has 1 spiro atoms. The van der Waals surface area contributed by atoms with Crippen molar-refractivity contribution in [2.24, 2.45) is 0 Å². The number of fused-ring (bicyclic) bond motifs is 1. The van der Waals surface area contributed by atoms with Crippen molar-refractivity contribution in [2.45, 2.75) is 63.3 Å². The summed E-state index contributed by atoms with van der Waals surface area (Å²) in [6, 6.07) is 11.5. The minimum Gasteiger partial charge on any atom is -0.469 e. The average Bonchev–Trinajstić information content (AvgIpc) is 3.41. The quantitative estimate of drug-likeness (QED) is 0.762. The Balaban J connectivity index is 1.65. The van der Waals surface area contributed by atoms with Gasteiger partial charge in [0.2, 0.25) is 5.91 Å². The summed E-state index contributed by atoms with van der Waals surface area (Å²) in [6.45, 7) is 3.40. The number of hydrogen-bond acceptors (Lipinski definition) is 3. The number of carbonyl (C=O) groups is 2. The molecule has 2 aromatic rings. The highest BCUT2D eigenvalue weighted by molar-refractivity contribution is 6.02. The van der Waals surface area contributed by atoms with E-state index in [2.05, 4.69) is 12.2 Å². The number of nitrogens with zero attached hydrogens (tertiary/aromatic N) is 1. The van der Waals surface area contributed by atoms with Gasteiger partial charge in [-0.1, -0.05) is 44.4 Å². The van der Waals surface area contributed by atoms with Crippen LogP contribution >= 0.6 is 0 Å². The van der Waals surface area contributed by atoms with Crippen molar-refractivity contribution in [1.29, 1.82) is 0 Å². The molecule has 1 aliphatic heterocycles. The van der Waals surface area contributed by atoms with Crippen LogP contribution in [0.15, 0.2) is 47.1 Å². The van der Waals surface area contributed by atoms with E-state index in [-0.39, 0.29) is 17.7 Å². The fourth-order valence-electron chi connectivity index (χ4n) is 5.17. The third kappa shape index (κ3) is 3.59. The SMILES string of the molecule is CCCCN1C(=O)c2ccccc2C(C(=O)NCCc2ccco2)C12CCCC2. The van der Waals surface area contributed by atoms with Crippen molar-refractivity contribution in [1.82, 2.24) is 10.2 Å². The Morgan fingerprint density at radius 2 is 2.00 bits per heavy atom. The molecule has 5 heteroatoms. The first-order chi connectivity index (χ1) is 14.2. The zero-order chi connectivity index (χ0) is 20.3. The molecule has 1 fully saturated rings. The van der Waals surface area contributed by atoms with Gasteiger partial charge in [0, 0.05) is 25.1 Å². The van der Waals surface area contributed by atoms with Gasteiger partial charge in [0.1, 0.15) is 5.76 Å². The maximum Gasteiger partial charge on any atom is 0.254 e. The number of amides is 2. The highest BCUT2D eigenvalue weighted by Gasteiger charge is 2.55. The molecule has 0 bridgehead atoms. The molecule has 0 radical (unpaired) electrons. The number of nitrogens with one attached hydrogen (secondary N) is 1. The van der Waals surface area contributed by atoms with E-state index in [1.807, 2.05) is 41.3 Å². The molecule has 1 atom stereocenters. The highest BCUT2D eigenvalue weighted by atomic mass is 16.3. The van der Waals surface area contributed by atoms with E-state index in [1.165, 1.54) is 0 Å². The number of furan rings is 1. The standard InChI is InChI=1S/C24H30N2O3/c1-2-3-16-26-23(28)20-11-5-4-10-19(20)21(24(26)13-6-7-14-24)22(27)25-15-12-18-9-8-17-29-18/h4-5,8-11,17,21H,2-3,6-7,12-16H2,1H3,(H,25,27). The number of benzene rings is 1. The Morgan fingerprint density at radius 3 is 2.72 bits per heavy atom. The second-order valence-corrected chi connectivity index (χ2v) is 8.26. The van der Waals surface area contributed by atoms with Crippen LogP contribution in [0.1, 0.15) is 73.0 Å². The lowest BCUT2D eigenvalue weighted by molar-refractivity contribution is -0.126. The Labute approximate surface area is 172 Å². The minimum atomic E-state index is -0.393. The number of hydrogen-bond donors (Lipinski definition) is 1. The summed E-state index contributed by atoms with van der Waals surface area (Å²) in [5.41, 5.74) is 1.19. The molecule has 2 heterocycles. The third-order valence-corrected chi connectivity index (χ3v) is 6.54. The Kier molecular flexibility index (Phi) is 5.74. The van der Waals surface area contributed by atoms with Crippen molar-refractivity contribution in [3.63, 3.8) is 0 Å². The van der Waals surface area contributed by atoms with E-state index in [4.69, 9.17) is 4.42 Å². The van der Waals surface area contributed by atoms with Gasteiger partial charge in [-0.2, -0.15) is 0 Å². The molecule has 4 rings (SSSR count). The van der Waals surface area contributed by atoms with Gasteiger partial charge in [-0.05, 0) is 43.0 Å². The zero-order valence-corrected chi connectivity index (χ0v) is 17.2. The molecule has 154 valence electrons. The molecule has 1 aliphatic carbocycles. The maximum absolute atomic E-state index is 13.5. The molecule has 1 aromatic carbocycles. The molecule has 0 saturated heterocycles. The highest BCUT2D eigenvalue weighted by Crippen LogP contribution is 2.50. The van der Waals surface area contributed by atoms with Gasteiger partial charge in [-0.3, -0.25) is 9.59 Å². The topological polar surface area (TPSA) is 62.6 Å². The van der Waals surface area contributed by atoms with Crippen LogP contribution < -0.4 is 5.32 Å². The van der Waals surface area contributed by atoms with Gasteiger partial charge in [0.15, 0.2) is 0 Å². The molecule has 5 nitrogen and oxygen atoms in total. The third-order valence-electron chi connectivity index (χ3n) is 6.54. The predicted molar refractivity (Wildman–Crippen MR) is 112 cm³/mol.